The normalized spacial score (nSPS) is 15.1. The van der Waals surface area contributed by atoms with Crippen LogP contribution in [-0.4, -0.2) is 36.8 Å². The van der Waals surface area contributed by atoms with Crippen molar-refractivity contribution in [2.24, 2.45) is 0 Å². The summed E-state index contributed by atoms with van der Waals surface area (Å²) in [7, 11) is 1.73. The van der Waals surface area contributed by atoms with E-state index in [9.17, 15) is 4.79 Å². The second-order valence-corrected chi connectivity index (χ2v) is 3.47. The molecule has 0 saturated heterocycles. The first-order valence-corrected chi connectivity index (χ1v) is 4.64. The number of carbonyl (C=O) groups excluding carboxylic acids is 1. The highest BCUT2D eigenvalue weighted by Crippen LogP contribution is 2.12. The lowest BCUT2D eigenvalue weighted by Gasteiger charge is -2.28. The second kappa shape index (κ2) is 5.94. The van der Waals surface area contributed by atoms with Crippen molar-refractivity contribution in [2.45, 2.75) is 32.2 Å². The predicted molar refractivity (Wildman–Crippen MR) is 52.5 cm³/mol. The number of aliphatic hydroxyl groups excluding tert-OH is 1. The highest BCUT2D eigenvalue weighted by Gasteiger charge is 2.22. The maximum atomic E-state index is 11.2. The zero-order valence-corrected chi connectivity index (χ0v) is 8.68. The molecule has 0 bridgehead atoms. The second-order valence-electron chi connectivity index (χ2n) is 3.47. The van der Waals surface area contributed by atoms with Gasteiger partial charge in [0, 0.05) is 12.1 Å². The molecule has 0 rings (SSSR count). The zero-order valence-electron chi connectivity index (χ0n) is 8.68. The van der Waals surface area contributed by atoms with E-state index in [0.717, 1.165) is 6.42 Å². The summed E-state index contributed by atoms with van der Waals surface area (Å²) in [5.41, 5.74) is -0.275. The average Bonchev–Trinajstić information content (AvgIpc) is 2.05. The number of rotatable bonds is 6. The summed E-state index contributed by atoms with van der Waals surface area (Å²) in [4.78, 5) is 11.2. The van der Waals surface area contributed by atoms with Gasteiger partial charge in [0.1, 0.15) is 0 Å². The number of hydrogen-bond acceptors (Lipinski definition) is 3. The molecule has 13 heavy (non-hydrogen) atoms. The van der Waals surface area contributed by atoms with Gasteiger partial charge in [0.05, 0.1) is 6.54 Å². The average molecular weight is 188 g/mol. The Morgan fingerprint density at radius 2 is 2.15 bits per heavy atom. The Balaban J connectivity index is 4.02. The van der Waals surface area contributed by atoms with Crippen molar-refractivity contribution in [3.05, 3.63) is 0 Å². The molecule has 1 unspecified atom stereocenters. The number of carbonyl (C=O) groups is 1. The molecule has 0 aliphatic heterocycles. The van der Waals surface area contributed by atoms with Gasteiger partial charge in [-0.3, -0.25) is 4.79 Å². The van der Waals surface area contributed by atoms with E-state index in [1.54, 1.807) is 7.05 Å². The van der Waals surface area contributed by atoms with Gasteiger partial charge in [0.25, 0.3) is 0 Å². The molecule has 4 nitrogen and oxygen atoms in total. The van der Waals surface area contributed by atoms with E-state index in [1.807, 2.05) is 13.8 Å². The molecule has 1 amide bonds. The Labute approximate surface area is 79.7 Å². The van der Waals surface area contributed by atoms with Gasteiger partial charge in [0.15, 0.2) is 0 Å². The fourth-order valence-electron chi connectivity index (χ4n) is 1.12. The molecule has 0 heterocycles. The van der Waals surface area contributed by atoms with Crippen molar-refractivity contribution in [1.82, 2.24) is 10.6 Å². The van der Waals surface area contributed by atoms with E-state index in [4.69, 9.17) is 5.11 Å². The van der Waals surface area contributed by atoms with E-state index in [-0.39, 0.29) is 18.1 Å². The van der Waals surface area contributed by atoms with Crippen LogP contribution in [0.3, 0.4) is 0 Å². The molecular weight excluding hydrogens is 168 g/mol. The van der Waals surface area contributed by atoms with Crippen molar-refractivity contribution in [2.75, 3.05) is 20.2 Å². The van der Waals surface area contributed by atoms with Gasteiger partial charge in [-0.2, -0.15) is 0 Å². The fraction of sp³-hybridized carbons (Fsp3) is 0.889. The molecule has 0 aromatic carbocycles. The molecule has 4 heteroatoms. The van der Waals surface area contributed by atoms with Crippen LogP contribution in [0.2, 0.25) is 0 Å². The molecule has 0 aromatic rings. The third-order valence-electron chi connectivity index (χ3n) is 2.22. The standard InChI is InChI=1S/C9H20N2O2/c1-4-9(2,5-6-12)11-8(13)7-10-3/h10,12H,4-7H2,1-3H3,(H,11,13). The molecule has 0 aliphatic rings. The lowest BCUT2D eigenvalue weighted by atomic mass is 9.95. The molecule has 0 aromatic heterocycles. The van der Waals surface area contributed by atoms with Crippen molar-refractivity contribution in [3.63, 3.8) is 0 Å². The topological polar surface area (TPSA) is 61.4 Å². The first-order valence-electron chi connectivity index (χ1n) is 4.64. The van der Waals surface area contributed by atoms with E-state index in [1.165, 1.54) is 0 Å². The Kier molecular flexibility index (Phi) is 5.66. The minimum absolute atomic E-state index is 0.0275. The Morgan fingerprint density at radius 3 is 2.54 bits per heavy atom. The third-order valence-corrected chi connectivity index (χ3v) is 2.22. The van der Waals surface area contributed by atoms with Crippen molar-refractivity contribution in [1.29, 1.82) is 0 Å². The maximum absolute atomic E-state index is 11.2. The lowest BCUT2D eigenvalue weighted by Crippen LogP contribution is -2.48. The van der Waals surface area contributed by atoms with Crippen LogP contribution < -0.4 is 10.6 Å². The predicted octanol–water partition coefficient (Wildman–Crippen LogP) is -0.127. The van der Waals surface area contributed by atoms with Crippen LogP contribution in [0.5, 0.6) is 0 Å². The molecule has 1 atom stereocenters. The summed E-state index contributed by atoms with van der Waals surface area (Å²) in [5, 5.41) is 14.5. The quantitative estimate of drug-likeness (QED) is 0.544. The minimum Gasteiger partial charge on any atom is -0.396 e. The molecule has 78 valence electrons. The van der Waals surface area contributed by atoms with Crippen LogP contribution in [0, 0.1) is 0 Å². The Hall–Kier alpha value is -0.610. The molecule has 0 radical (unpaired) electrons. The maximum Gasteiger partial charge on any atom is 0.234 e. The Bertz CT molecular complexity index is 162. The van der Waals surface area contributed by atoms with Gasteiger partial charge in [0.2, 0.25) is 5.91 Å². The SMILES string of the molecule is CCC(C)(CCO)NC(=O)CNC. The van der Waals surface area contributed by atoms with Crippen molar-refractivity contribution < 1.29 is 9.90 Å². The van der Waals surface area contributed by atoms with Crippen LogP contribution in [0.25, 0.3) is 0 Å². The zero-order chi connectivity index (χ0) is 10.3. The van der Waals surface area contributed by atoms with Crippen LogP contribution in [0.4, 0.5) is 0 Å². The number of aliphatic hydroxyl groups is 1. The smallest absolute Gasteiger partial charge is 0.234 e. The molecule has 0 saturated carbocycles. The van der Waals surface area contributed by atoms with Crippen LogP contribution >= 0.6 is 0 Å². The van der Waals surface area contributed by atoms with Gasteiger partial charge >= 0.3 is 0 Å². The summed E-state index contributed by atoms with van der Waals surface area (Å²) in [6, 6.07) is 0. The summed E-state index contributed by atoms with van der Waals surface area (Å²) >= 11 is 0. The third kappa shape index (κ3) is 4.85. The van der Waals surface area contributed by atoms with Gasteiger partial charge in [-0.25, -0.2) is 0 Å². The molecular formula is C9H20N2O2. The fourth-order valence-corrected chi connectivity index (χ4v) is 1.12. The summed E-state index contributed by atoms with van der Waals surface area (Å²) in [6.07, 6.45) is 1.42. The first-order chi connectivity index (χ1) is 6.08. The summed E-state index contributed by atoms with van der Waals surface area (Å²) in [5.74, 6) is -0.0275. The van der Waals surface area contributed by atoms with Crippen LogP contribution in [0.15, 0.2) is 0 Å². The molecule has 3 N–H and O–H groups in total. The van der Waals surface area contributed by atoms with E-state index in [0.29, 0.717) is 13.0 Å². The number of nitrogens with one attached hydrogen (secondary N) is 2. The minimum atomic E-state index is -0.275. The molecule has 0 aliphatic carbocycles. The van der Waals surface area contributed by atoms with Gasteiger partial charge in [-0.15, -0.1) is 0 Å². The monoisotopic (exact) mass is 188 g/mol. The molecule has 0 spiro atoms. The van der Waals surface area contributed by atoms with Gasteiger partial charge < -0.3 is 15.7 Å². The van der Waals surface area contributed by atoms with Crippen LogP contribution in [-0.2, 0) is 4.79 Å². The first kappa shape index (κ1) is 12.4. The van der Waals surface area contributed by atoms with Crippen molar-refractivity contribution in [3.8, 4) is 0 Å². The largest absolute Gasteiger partial charge is 0.396 e. The van der Waals surface area contributed by atoms with Crippen molar-refractivity contribution >= 4 is 5.91 Å². The van der Waals surface area contributed by atoms with Crippen LogP contribution in [0.1, 0.15) is 26.7 Å². The Morgan fingerprint density at radius 1 is 1.54 bits per heavy atom. The number of likely N-dealkylation sites (N-methyl/N-ethyl adjacent to an activating group) is 1. The highest BCUT2D eigenvalue weighted by molar-refractivity contribution is 5.78. The lowest BCUT2D eigenvalue weighted by molar-refractivity contribution is -0.122. The highest BCUT2D eigenvalue weighted by atomic mass is 16.3. The van der Waals surface area contributed by atoms with E-state index in [2.05, 4.69) is 10.6 Å². The van der Waals surface area contributed by atoms with Gasteiger partial charge in [-0.05, 0) is 26.8 Å². The number of hydrogen-bond donors (Lipinski definition) is 3. The number of amides is 1. The van der Waals surface area contributed by atoms with E-state index >= 15 is 0 Å². The van der Waals surface area contributed by atoms with E-state index < -0.39 is 0 Å². The summed E-state index contributed by atoms with van der Waals surface area (Å²) in [6.45, 7) is 4.36. The molecule has 0 fully saturated rings. The van der Waals surface area contributed by atoms with Gasteiger partial charge in [-0.1, -0.05) is 6.92 Å². The summed E-state index contributed by atoms with van der Waals surface area (Å²) < 4.78 is 0.